The number of carbonyl (C=O) groups is 1. The van der Waals surface area contributed by atoms with Gasteiger partial charge in [-0.3, -0.25) is 9.36 Å². The van der Waals surface area contributed by atoms with Crippen molar-refractivity contribution in [3.8, 4) is 6.07 Å². The first-order valence-electron chi connectivity index (χ1n) is 9.69. The van der Waals surface area contributed by atoms with Crippen LogP contribution in [0, 0.1) is 18.3 Å². The minimum atomic E-state index is -4.15. The van der Waals surface area contributed by atoms with E-state index >= 15 is 0 Å². The lowest BCUT2D eigenvalue weighted by atomic mass is 10.1. The van der Waals surface area contributed by atoms with Gasteiger partial charge in [0, 0.05) is 6.54 Å². The van der Waals surface area contributed by atoms with Crippen molar-refractivity contribution < 1.29 is 17.9 Å². The Kier molecular flexibility index (Phi) is 7.11. The molecule has 7 nitrogen and oxygen atoms in total. The van der Waals surface area contributed by atoms with Crippen LogP contribution < -0.4 is 14.8 Å². The molecule has 33 heavy (non-hydrogen) atoms. The first-order valence-corrected chi connectivity index (χ1v) is 12.0. The summed E-state index contributed by atoms with van der Waals surface area (Å²) in [6, 6.07) is 14.3. The number of carbonyl (C=O) groups excluding carboxylic acids is 1. The zero-order valence-electron chi connectivity index (χ0n) is 17.9. The Morgan fingerprint density at radius 1 is 1.18 bits per heavy atom. The molecule has 0 N–H and O–H groups in total. The van der Waals surface area contributed by atoms with E-state index in [-0.39, 0.29) is 20.6 Å². The van der Waals surface area contributed by atoms with Crippen LogP contribution in [0.4, 0.5) is 0 Å². The summed E-state index contributed by atoms with van der Waals surface area (Å²) in [5.74, 6) is -0.483. The maximum atomic E-state index is 13.2. The molecular formula is C24H20N2O5S2. The summed E-state index contributed by atoms with van der Waals surface area (Å²) >= 11 is 0.910. The SMILES string of the molecule is C=CCn1c(=O)/c(=C/c2ccc(C(=O)OC)cc2)s/c1=C(/C#N)S(=O)(=O)c1ccc(C)cc1. The topological polar surface area (TPSA) is 106 Å². The fourth-order valence-corrected chi connectivity index (χ4v) is 5.68. The van der Waals surface area contributed by atoms with Crippen molar-refractivity contribution in [2.75, 3.05) is 7.11 Å². The Morgan fingerprint density at radius 2 is 1.82 bits per heavy atom. The molecule has 0 saturated carbocycles. The maximum Gasteiger partial charge on any atom is 0.337 e. The molecule has 0 aliphatic carbocycles. The highest BCUT2D eigenvalue weighted by molar-refractivity contribution is 8.00. The van der Waals surface area contributed by atoms with Crippen LogP contribution in [0.1, 0.15) is 21.5 Å². The number of aryl methyl sites for hydroxylation is 1. The van der Waals surface area contributed by atoms with Crippen molar-refractivity contribution in [1.29, 1.82) is 5.26 Å². The van der Waals surface area contributed by atoms with Crippen LogP contribution in [0.15, 0.2) is 70.9 Å². The molecule has 3 aromatic rings. The van der Waals surface area contributed by atoms with Crippen molar-refractivity contribution in [1.82, 2.24) is 4.57 Å². The number of benzene rings is 2. The molecule has 1 heterocycles. The summed E-state index contributed by atoms with van der Waals surface area (Å²) in [5, 5.41) is 9.76. The van der Waals surface area contributed by atoms with Crippen molar-refractivity contribution in [3.05, 3.63) is 97.4 Å². The molecule has 0 radical (unpaired) electrons. The summed E-state index contributed by atoms with van der Waals surface area (Å²) in [6.45, 7) is 5.49. The Bertz CT molecular complexity index is 1540. The number of thiazole rings is 1. The monoisotopic (exact) mass is 480 g/mol. The Balaban J connectivity index is 2.26. The van der Waals surface area contributed by atoms with E-state index in [4.69, 9.17) is 0 Å². The lowest BCUT2D eigenvalue weighted by Gasteiger charge is -2.04. The van der Waals surface area contributed by atoms with Gasteiger partial charge in [-0.1, -0.05) is 35.9 Å². The van der Waals surface area contributed by atoms with Gasteiger partial charge >= 0.3 is 5.97 Å². The van der Waals surface area contributed by atoms with Gasteiger partial charge < -0.3 is 4.74 Å². The van der Waals surface area contributed by atoms with E-state index in [2.05, 4.69) is 11.3 Å². The predicted octanol–water partition coefficient (Wildman–Crippen LogP) is 2.13. The fraction of sp³-hybridized carbons (Fsp3) is 0.125. The Hall–Kier alpha value is -3.74. The van der Waals surface area contributed by atoms with Gasteiger partial charge in [0.25, 0.3) is 5.56 Å². The van der Waals surface area contributed by atoms with E-state index in [0.29, 0.717) is 11.1 Å². The van der Waals surface area contributed by atoms with Crippen molar-refractivity contribution in [2.45, 2.75) is 18.4 Å². The molecule has 2 aromatic carbocycles. The van der Waals surface area contributed by atoms with E-state index in [9.17, 15) is 23.3 Å². The van der Waals surface area contributed by atoms with Gasteiger partial charge in [0.1, 0.15) is 10.7 Å². The summed E-state index contributed by atoms with van der Waals surface area (Å²) in [4.78, 5) is 24.1. The highest BCUT2D eigenvalue weighted by atomic mass is 32.2. The third kappa shape index (κ3) is 4.87. The number of aromatic nitrogens is 1. The molecule has 0 aliphatic heterocycles. The molecule has 0 saturated heterocycles. The minimum Gasteiger partial charge on any atom is -0.465 e. The second-order valence-electron chi connectivity index (χ2n) is 6.99. The number of ether oxygens (including phenoxy) is 1. The normalized spacial score (nSPS) is 12.7. The zero-order valence-corrected chi connectivity index (χ0v) is 19.6. The molecule has 0 unspecified atom stereocenters. The summed E-state index contributed by atoms with van der Waals surface area (Å²) < 4.78 is 32.5. The summed E-state index contributed by atoms with van der Waals surface area (Å²) in [7, 11) is -2.87. The van der Waals surface area contributed by atoms with E-state index < -0.39 is 26.3 Å². The first-order chi connectivity index (χ1) is 15.7. The van der Waals surface area contributed by atoms with E-state index in [0.717, 1.165) is 16.9 Å². The van der Waals surface area contributed by atoms with Gasteiger partial charge in [0.05, 0.1) is 22.1 Å². The number of hydrogen-bond acceptors (Lipinski definition) is 7. The highest BCUT2D eigenvalue weighted by Crippen LogP contribution is 2.19. The summed E-state index contributed by atoms with van der Waals surface area (Å²) in [5.41, 5.74) is 1.41. The standard InChI is InChI=1S/C24H20N2O5S2/c1-4-13-26-22(27)20(14-17-7-9-18(10-8-17)24(28)31-3)32-23(26)21(15-25)33(29,30)19-11-5-16(2)6-12-19/h4-12,14H,1,13H2,2-3H3/b20-14-,23-21-. The molecule has 0 bridgehead atoms. The third-order valence-corrected chi connectivity index (χ3v) is 7.72. The number of rotatable bonds is 6. The number of allylic oxidation sites excluding steroid dienone is 1. The van der Waals surface area contributed by atoms with E-state index in [1.165, 1.54) is 29.9 Å². The fourth-order valence-electron chi connectivity index (χ4n) is 3.03. The van der Waals surface area contributed by atoms with Crippen LogP contribution in [0.2, 0.25) is 0 Å². The minimum absolute atomic E-state index is 0.0282. The van der Waals surface area contributed by atoms with Crippen LogP contribution in [0.25, 0.3) is 11.0 Å². The number of esters is 1. The molecule has 3 rings (SSSR count). The molecule has 0 fully saturated rings. The van der Waals surface area contributed by atoms with Gasteiger partial charge in [-0.15, -0.1) is 17.9 Å². The Morgan fingerprint density at radius 3 is 2.36 bits per heavy atom. The van der Waals surface area contributed by atoms with Gasteiger partial charge in [-0.05, 0) is 42.8 Å². The highest BCUT2D eigenvalue weighted by Gasteiger charge is 2.24. The van der Waals surface area contributed by atoms with Crippen LogP contribution in [0.3, 0.4) is 0 Å². The second kappa shape index (κ2) is 9.81. The lowest BCUT2D eigenvalue weighted by molar-refractivity contribution is 0.0600. The number of nitrogens with zero attached hydrogens (tertiary/aromatic N) is 2. The van der Waals surface area contributed by atoms with Gasteiger partial charge in [0.15, 0.2) is 4.91 Å². The first kappa shape index (κ1) is 23.9. The molecule has 0 atom stereocenters. The number of nitriles is 1. The molecule has 0 spiro atoms. The van der Waals surface area contributed by atoms with Gasteiger partial charge in [-0.2, -0.15) is 5.26 Å². The average molecular weight is 481 g/mol. The Labute approximate surface area is 194 Å². The molecule has 168 valence electrons. The van der Waals surface area contributed by atoms with Crippen LogP contribution >= 0.6 is 11.3 Å². The van der Waals surface area contributed by atoms with Crippen LogP contribution in [-0.2, 0) is 21.1 Å². The number of methoxy groups -OCH3 is 1. The molecule has 0 aliphatic rings. The van der Waals surface area contributed by atoms with Crippen molar-refractivity contribution in [2.24, 2.45) is 0 Å². The maximum absolute atomic E-state index is 13.2. The number of hydrogen-bond donors (Lipinski definition) is 0. The van der Waals surface area contributed by atoms with Gasteiger partial charge in [0.2, 0.25) is 9.84 Å². The van der Waals surface area contributed by atoms with Gasteiger partial charge in [-0.25, -0.2) is 13.2 Å². The second-order valence-corrected chi connectivity index (χ2v) is 9.91. The van der Waals surface area contributed by atoms with E-state index in [1.54, 1.807) is 48.5 Å². The summed E-state index contributed by atoms with van der Waals surface area (Å²) in [6.07, 6.45) is 3.03. The zero-order chi connectivity index (χ0) is 24.2. The quantitative estimate of drug-likeness (QED) is 0.395. The van der Waals surface area contributed by atoms with E-state index in [1.807, 2.05) is 6.92 Å². The predicted molar refractivity (Wildman–Crippen MR) is 127 cm³/mol. The smallest absolute Gasteiger partial charge is 0.337 e. The molecular weight excluding hydrogens is 460 g/mol. The largest absolute Gasteiger partial charge is 0.465 e. The average Bonchev–Trinajstić information content (AvgIpc) is 3.09. The molecule has 0 amide bonds. The molecule has 1 aromatic heterocycles. The number of sulfone groups is 1. The van der Waals surface area contributed by atoms with Crippen LogP contribution in [0.5, 0.6) is 0 Å². The lowest BCUT2D eigenvalue weighted by Crippen LogP contribution is -2.32. The van der Waals surface area contributed by atoms with Crippen molar-refractivity contribution >= 4 is 38.1 Å². The molecule has 9 heteroatoms. The van der Waals surface area contributed by atoms with Crippen LogP contribution in [-0.4, -0.2) is 26.1 Å². The van der Waals surface area contributed by atoms with Crippen molar-refractivity contribution in [3.63, 3.8) is 0 Å². The third-order valence-electron chi connectivity index (χ3n) is 4.74.